The van der Waals surface area contributed by atoms with E-state index in [1.165, 1.54) is 0 Å². The Bertz CT molecular complexity index is 507. The molecule has 2 aromatic rings. The van der Waals surface area contributed by atoms with Crippen LogP contribution in [0.3, 0.4) is 0 Å². The van der Waals surface area contributed by atoms with Gasteiger partial charge in [0.2, 0.25) is 0 Å². The first kappa shape index (κ1) is 9.28. The first-order chi connectivity index (χ1) is 7.28. The van der Waals surface area contributed by atoms with Crippen LogP contribution < -0.4 is 5.32 Å². The Labute approximate surface area is 87.8 Å². The Balaban J connectivity index is 2.21. The number of aromatic nitrogens is 2. The largest absolute Gasteiger partial charge is 0.339 e. The van der Waals surface area contributed by atoms with E-state index in [-0.39, 0.29) is 0 Å². The van der Waals surface area contributed by atoms with Crippen LogP contribution >= 0.6 is 0 Å². The summed E-state index contributed by atoms with van der Waals surface area (Å²) in [7, 11) is 1.86. The summed E-state index contributed by atoms with van der Waals surface area (Å²) in [5, 5.41) is 16.0. The van der Waals surface area contributed by atoms with Crippen LogP contribution in [0, 0.1) is 11.3 Å². The van der Waals surface area contributed by atoms with E-state index in [0.29, 0.717) is 5.56 Å². The van der Waals surface area contributed by atoms with E-state index in [1.807, 2.05) is 31.4 Å². The number of hydrogen-bond acceptors (Lipinski definition) is 3. The maximum absolute atomic E-state index is 8.73. The van der Waals surface area contributed by atoms with Crippen molar-refractivity contribution < 1.29 is 0 Å². The number of hydrogen-bond donors (Lipinski definition) is 1. The maximum Gasteiger partial charge on any atom is 0.152 e. The quantitative estimate of drug-likeness (QED) is 0.803. The normalized spacial score (nSPS) is 9.60. The fourth-order valence-electron chi connectivity index (χ4n) is 1.30. The SMILES string of the molecule is Cn1ccc(Nc2cccc(C#N)c2)n1. The second-order valence-corrected chi connectivity index (χ2v) is 3.19. The van der Waals surface area contributed by atoms with Crippen molar-refractivity contribution in [2.24, 2.45) is 7.05 Å². The van der Waals surface area contributed by atoms with Crippen molar-refractivity contribution >= 4 is 11.5 Å². The Morgan fingerprint density at radius 1 is 1.40 bits per heavy atom. The van der Waals surface area contributed by atoms with Crippen molar-refractivity contribution in [3.8, 4) is 6.07 Å². The molecule has 0 aliphatic rings. The van der Waals surface area contributed by atoms with Crippen molar-refractivity contribution in [3.05, 3.63) is 42.1 Å². The molecule has 1 aromatic heterocycles. The zero-order chi connectivity index (χ0) is 10.7. The number of nitrogens with one attached hydrogen (secondary N) is 1. The molecule has 0 amide bonds. The van der Waals surface area contributed by atoms with Crippen LogP contribution in [-0.4, -0.2) is 9.78 Å². The minimum Gasteiger partial charge on any atom is -0.339 e. The van der Waals surface area contributed by atoms with Crippen LogP contribution in [0.5, 0.6) is 0 Å². The van der Waals surface area contributed by atoms with Gasteiger partial charge in [-0.3, -0.25) is 4.68 Å². The minimum absolute atomic E-state index is 0.635. The molecule has 0 radical (unpaired) electrons. The summed E-state index contributed by atoms with van der Waals surface area (Å²) in [6, 6.07) is 11.3. The molecule has 0 fully saturated rings. The van der Waals surface area contributed by atoms with Gasteiger partial charge in [0, 0.05) is 25.0 Å². The van der Waals surface area contributed by atoms with Gasteiger partial charge in [-0.2, -0.15) is 10.4 Å². The van der Waals surface area contributed by atoms with E-state index in [0.717, 1.165) is 11.5 Å². The summed E-state index contributed by atoms with van der Waals surface area (Å²) in [5.41, 5.74) is 1.50. The van der Waals surface area contributed by atoms with Gasteiger partial charge in [-0.05, 0) is 18.2 Å². The monoisotopic (exact) mass is 198 g/mol. The average Bonchev–Trinajstić information content (AvgIpc) is 2.64. The molecule has 0 saturated carbocycles. The molecule has 4 nitrogen and oxygen atoms in total. The second-order valence-electron chi connectivity index (χ2n) is 3.19. The number of nitrogens with zero attached hydrogens (tertiary/aromatic N) is 3. The van der Waals surface area contributed by atoms with Gasteiger partial charge in [0.15, 0.2) is 5.82 Å². The van der Waals surface area contributed by atoms with E-state index < -0.39 is 0 Å². The summed E-state index contributed by atoms with van der Waals surface area (Å²) in [4.78, 5) is 0. The Hall–Kier alpha value is -2.28. The fourth-order valence-corrected chi connectivity index (χ4v) is 1.30. The smallest absolute Gasteiger partial charge is 0.152 e. The lowest BCUT2D eigenvalue weighted by molar-refractivity contribution is 0.771. The number of aryl methyl sites for hydroxylation is 1. The Morgan fingerprint density at radius 3 is 2.93 bits per heavy atom. The van der Waals surface area contributed by atoms with Crippen LogP contribution in [-0.2, 0) is 7.05 Å². The van der Waals surface area contributed by atoms with E-state index in [9.17, 15) is 0 Å². The van der Waals surface area contributed by atoms with E-state index in [2.05, 4.69) is 16.5 Å². The van der Waals surface area contributed by atoms with Crippen molar-refractivity contribution in [2.45, 2.75) is 0 Å². The summed E-state index contributed by atoms with van der Waals surface area (Å²) >= 11 is 0. The number of nitriles is 1. The highest BCUT2D eigenvalue weighted by Gasteiger charge is 1.98. The molecule has 2 rings (SSSR count). The van der Waals surface area contributed by atoms with E-state index >= 15 is 0 Å². The minimum atomic E-state index is 0.635. The summed E-state index contributed by atoms with van der Waals surface area (Å²) in [6.07, 6.45) is 1.86. The third-order valence-corrected chi connectivity index (χ3v) is 1.98. The predicted molar refractivity (Wildman–Crippen MR) is 57.6 cm³/mol. The highest BCUT2D eigenvalue weighted by molar-refractivity contribution is 5.57. The highest BCUT2D eigenvalue weighted by Crippen LogP contribution is 2.15. The first-order valence-corrected chi connectivity index (χ1v) is 4.55. The van der Waals surface area contributed by atoms with Gasteiger partial charge in [0.05, 0.1) is 11.6 Å². The topological polar surface area (TPSA) is 53.6 Å². The van der Waals surface area contributed by atoms with E-state index in [4.69, 9.17) is 5.26 Å². The standard InChI is InChI=1S/C11H10N4/c1-15-6-5-11(14-15)13-10-4-2-3-9(7-10)8-12/h2-7H,1H3,(H,13,14). The Morgan fingerprint density at radius 2 is 2.27 bits per heavy atom. The molecule has 0 unspecified atom stereocenters. The van der Waals surface area contributed by atoms with Crippen LogP contribution in [0.4, 0.5) is 11.5 Å². The van der Waals surface area contributed by atoms with Gasteiger partial charge in [0.25, 0.3) is 0 Å². The maximum atomic E-state index is 8.73. The molecule has 0 spiro atoms. The predicted octanol–water partition coefficient (Wildman–Crippen LogP) is 2.04. The third-order valence-electron chi connectivity index (χ3n) is 1.98. The molecular formula is C11H10N4. The summed E-state index contributed by atoms with van der Waals surface area (Å²) < 4.78 is 1.72. The number of anilines is 2. The first-order valence-electron chi connectivity index (χ1n) is 4.55. The van der Waals surface area contributed by atoms with Crippen LogP contribution in [0.25, 0.3) is 0 Å². The van der Waals surface area contributed by atoms with E-state index in [1.54, 1.807) is 16.8 Å². The summed E-state index contributed by atoms with van der Waals surface area (Å²) in [5.74, 6) is 0.771. The molecule has 0 bridgehead atoms. The second kappa shape index (κ2) is 3.84. The Kier molecular flexibility index (Phi) is 2.38. The lowest BCUT2D eigenvalue weighted by atomic mass is 10.2. The molecular weight excluding hydrogens is 188 g/mol. The molecule has 0 aliphatic heterocycles. The van der Waals surface area contributed by atoms with Gasteiger partial charge in [-0.1, -0.05) is 6.07 Å². The molecule has 4 heteroatoms. The van der Waals surface area contributed by atoms with Gasteiger partial charge < -0.3 is 5.32 Å². The average molecular weight is 198 g/mol. The number of benzene rings is 1. The lowest BCUT2D eigenvalue weighted by Crippen LogP contribution is -1.93. The summed E-state index contributed by atoms with van der Waals surface area (Å²) in [6.45, 7) is 0. The van der Waals surface area contributed by atoms with Crippen LogP contribution in [0.15, 0.2) is 36.5 Å². The molecule has 15 heavy (non-hydrogen) atoms. The molecule has 1 aromatic carbocycles. The fraction of sp³-hybridized carbons (Fsp3) is 0.0909. The lowest BCUT2D eigenvalue weighted by Gasteiger charge is -2.02. The molecule has 0 atom stereocenters. The van der Waals surface area contributed by atoms with Gasteiger partial charge in [0.1, 0.15) is 0 Å². The van der Waals surface area contributed by atoms with Gasteiger partial charge >= 0.3 is 0 Å². The van der Waals surface area contributed by atoms with Crippen LogP contribution in [0.2, 0.25) is 0 Å². The molecule has 1 heterocycles. The molecule has 1 N–H and O–H groups in total. The van der Waals surface area contributed by atoms with Crippen molar-refractivity contribution in [3.63, 3.8) is 0 Å². The van der Waals surface area contributed by atoms with Gasteiger partial charge in [-0.15, -0.1) is 0 Å². The van der Waals surface area contributed by atoms with Crippen molar-refractivity contribution in [2.75, 3.05) is 5.32 Å². The molecule has 0 aliphatic carbocycles. The molecule has 0 saturated heterocycles. The molecule has 74 valence electrons. The zero-order valence-corrected chi connectivity index (χ0v) is 8.31. The van der Waals surface area contributed by atoms with Crippen molar-refractivity contribution in [1.82, 2.24) is 9.78 Å². The van der Waals surface area contributed by atoms with Gasteiger partial charge in [-0.25, -0.2) is 0 Å². The number of rotatable bonds is 2. The third kappa shape index (κ3) is 2.15. The van der Waals surface area contributed by atoms with Crippen molar-refractivity contribution in [1.29, 1.82) is 5.26 Å². The zero-order valence-electron chi connectivity index (χ0n) is 8.31. The highest BCUT2D eigenvalue weighted by atomic mass is 15.3. The van der Waals surface area contributed by atoms with Crippen LogP contribution in [0.1, 0.15) is 5.56 Å².